The molecule has 2 N–H and O–H groups in total. The monoisotopic (exact) mass is 413 g/mol. The van der Waals surface area contributed by atoms with Gasteiger partial charge in [-0.3, -0.25) is 14.4 Å². The number of benzene rings is 1. The van der Waals surface area contributed by atoms with Crippen molar-refractivity contribution >= 4 is 23.3 Å². The van der Waals surface area contributed by atoms with E-state index in [1.165, 1.54) is 13.8 Å². The molecule has 2 atom stereocenters. The van der Waals surface area contributed by atoms with E-state index < -0.39 is 12.1 Å². The van der Waals surface area contributed by atoms with Crippen molar-refractivity contribution in [1.82, 2.24) is 20.8 Å². The summed E-state index contributed by atoms with van der Waals surface area (Å²) in [5.41, 5.74) is 2.44. The lowest BCUT2D eigenvalue weighted by Crippen LogP contribution is -2.47. The Labute approximate surface area is 173 Å². The summed E-state index contributed by atoms with van der Waals surface area (Å²) in [6.45, 7) is 4.44. The molecule has 3 rings (SSSR count). The van der Waals surface area contributed by atoms with E-state index in [4.69, 9.17) is 9.36 Å². The Bertz CT molecular complexity index is 966. The van der Waals surface area contributed by atoms with Crippen LogP contribution >= 0.6 is 0 Å². The predicted octanol–water partition coefficient (Wildman–Crippen LogP) is 1.14. The van der Waals surface area contributed by atoms with Gasteiger partial charge in [0.1, 0.15) is 12.1 Å². The number of Topliss-reactive ketones (excluding diaryl/α,β-unsaturated/α-hetero) is 1. The van der Waals surface area contributed by atoms with Gasteiger partial charge in [-0.1, -0.05) is 34.6 Å². The second-order valence-electron chi connectivity index (χ2n) is 7.06. The van der Waals surface area contributed by atoms with Crippen LogP contribution in [0, 0.1) is 6.92 Å². The van der Waals surface area contributed by atoms with Gasteiger partial charge in [0.2, 0.25) is 23.5 Å². The maximum atomic E-state index is 12.2. The van der Waals surface area contributed by atoms with Crippen molar-refractivity contribution in [3.05, 3.63) is 35.7 Å². The van der Waals surface area contributed by atoms with E-state index >= 15 is 0 Å². The van der Waals surface area contributed by atoms with Crippen molar-refractivity contribution in [1.29, 1.82) is 0 Å². The van der Waals surface area contributed by atoms with Crippen LogP contribution in [0.1, 0.15) is 38.1 Å². The fourth-order valence-corrected chi connectivity index (χ4v) is 2.97. The Morgan fingerprint density at radius 1 is 1.17 bits per heavy atom. The number of aromatic nitrogens is 2. The van der Waals surface area contributed by atoms with Gasteiger partial charge in [-0.2, -0.15) is 4.98 Å². The van der Waals surface area contributed by atoms with Gasteiger partial charge in [0.05, 0.1) is 12.1 Å². The van der Waals surface area contributed by atoms with Crippen molar-refractivity contribution in [2.45, 2.75) is 45.8 Å². The minimum atomic E-state index is -0.746. The smallest absolute Gasteiger partial charge is 0.223 e. The maximum absolute atomic E-state index is 12.2. The van der Waals surface area contributed by atoms with Crippen LogP contribution in [0.5, 0.6) is 0 Å². The van der Waals surface area contributed by atoms with Gasteiger partial charge >= 0.3 is 0 Å². The molecule has 0 radical (unpaired) electrons. The second-order valence-corrected chi connectivity index (χ2v) is 7.06. The number of carbonyl (C=O) groups excluding carboxylic acids is 3. The molecule has 2 aromatic rings. The molecule has 2 unspecified atom stereocenters. The minimum absolute atomic E-state index is 0.0329. The lowest BCUT2D eigenvalue weighted by atomic mass is 10.0. The zero-order valence-electron chi connectivity index (χ0n) is 17.0. The summed E-state index contributed by atoms with van der Waals surface area (Å²) < 4.78 is 4.98. The molecule has 0 fully saturated rings. The summed E-state index contributed by atoms with van der Waals surface area (Å²) >= 11 is 0. The Morgan fingerprint density at radius 2 is 1.87 bits per heavy atom. The molecule has 0 aliphatic carbocycles. The first-order chi connectivity index (χ1) is 14.3. The number of rotatable bonds is 8. The van der Waals surface area contributed by atoms with Crippen LogP contribution in [0.2, 0.25) is 0 Å². The molecular formula is C20H23N5O5. The first-order valence-electron chi connectivity index (χ1n) is 9.50. The van der Waals surface area contributed by atoms with Gasteiger partial charge in [0.25, 0.3) is 0 Å². The lowest BCUT2D eigenvalue weighted by molar-refractivity contribution is -0.127. The largest absolute Gasteiger partial charge is 0.391 e. The van der Waals surface area contributed by atoms with Gasteiger partial charge in [-0.25, -0.2) is 0 Å². The van der Waals surface area contributed by atoms with Crippen LogP contribution in [0.15, 0.2) is 33.9 Å². The normalized spacial score (nSPS) is 16.4. The highest BCUT2D eigenvalue weighted by molar-refractivity contribution is 6.01. The number of ketones is 1. The van der Waals surface area contributed by atoms with Crippen LogP contribution in [0.25, 0.3) is 11.4 Å². The quantitative estimate of drug-likeness (QED) is 0.662. The van der Waals surface area contributed by atoms with Crippen LogP contribution in [-0.4, -0.2) is 52.1 Å². The summed E-state index contributed by atoms with van der Waals surface area (Å²) in [4.78, 5) is 44.4. The van der Waals surface area contributed by atoms with Gasteiger partial charge in [-0.05, 0) is 12.5 Å². The van der Waals surface area contributed by atoms with Crippen LogP contribution in [0.3, 0.4) is 0 Å². The molecule has 158 valence electrons. The molecule has 1 aromatic heterocycles. The van der Waals surface area contributed by atoms with Crippen molar-refractivity contribution in [3.63, 3.8) is 0 Å². The topological polar surface area (TPSA) is 136 Å². The van der Waals surface area contributed by atoms with Crippen LogP contribution < -0.4 is 10.6 Å². The van der Waals surface area contributed by atoms with Gasteiger partial charge in [0.15, 0.2) is 5.78 Å². The summed E-state index contributed by atoms with van der Waals surface area (Å²) in [7, 11) is 0. The summed E-state index contributed by atoms with van der Waals surface area (Å²) in [6.07, 6.45) is 0.185. The molecule has 1 aromatic carbocycles. The molecule has 10 nitrogen and oxygen atoms in total. The summed E-state index contributed by atoms with van der Waals surface area (Å²) in [5.74, 6) is 0.169. The van der Waals surface area contributed by atoms with Gasteiger partial charge in [0, 0.05) is 32.4 Å². The zero-order valence-corrected chi connectivity index (χ0v) is 17.0. The third-order valence-electron chi connectivity index (χ3n) is 4.52. The summed E-state index contributed by atoms with van der Waals surface area (Å²) in [5, 5.41) is 13.1. The molecule has 2 heterocycles. The van der Waals surface area contributed by atoms with Crippen molar-refractivity contribution in [2.24, 2.45) is 5.16 Å². The summed E-state index contributed by atoms with van der Waals surface area (Å²) in [6, 6.07) is 6.76. The van der Waals surface area contributed by atoms with Crippen molar-refractivity contribution in [2.75, 3.05) is 6.54 Å². The highest BCUT2D eigenvalue weighted by atomic mass is 16.6. The number of carbonyl (C=O) groups is 3. The van der Waals surface area contributed by atoms with E-state index in [2.05, 4.69) is 25.9 Å². The molecule has 1 aliphatic rings. The minimum Gasteiger partial charge on any atom is -0.391 e. The molecule has 0 bridgehead atoms. The molecule has 0 saturated carbocycles. The SMILES string of the molecule is CC(=O)NC(CNC(=O)CC1CC(c2ccc(-c3noc(C)n3)cc2)=NO1)C(C)=O. The van der Waals surface area contributed by atoms with Crippen LogP contribution in [0.4, 0.5) is 0 Å². The lowest BCUT2D eigenvalue weighted by Gasteiger charge is -2.16. The Kier molecular flexibility index (Phi) is 6.55. The number of nitrogens with one attached hydrogen (secondary N) is 2. The van der Waals surface area contributed by atoms with Crippen molar-refractivity contribution < 1.29 is 23.7 Å². The maximum Gasteiger partial charge on any atom is 0.223 e. The number of amides is 2. The highest BCUT2D eigenvalue weighted by Crippen LogP contribution is 2.22. The Balaban J connectivity index is 1.49. The molecule has 2 amide bonds. The van der Waals surface area contributed by atoms with E-state index in [1.54, 1.807) is 6.92 Å². The molecule has 1 aliphatic heterocycles. The highest BCUT2D eigenvalue weighted by Gasteiger charge is 2.25. The third-order valence-corrected chi connectivity index (χ3v) is 4.52. The van der Waals surface area contributed by atoms with E-state index in [1.807, 2.05) is 24.3 Å². The predicted molar refractivity (Wildman–Crippen MR) is 106 cm³/mol. The Morgan fingerprint density at radius 3 is 2.47 bits per heavy atom. The van der Waals surface area contributed by atoms with E-state index in [0.29, 0.717) is 18.1 Å². The number of nitrogens with zero attached hydrogens (tertiary/aromatic N) is 3. The fraction of sp³-hybridized carbons (Fsp3) is 0.400. The fourth-order valence-electron chi connectivity index (χ4n) is 2.97. The van der Waals surface area contributed by atoms with Crippen LogP contribution in [-0.2, 0) is 19.2 Å². The Hall–Kier alpha value is -3.56. The number of hydrogen-bond donors (Lipinski definition) is 2. The average Bonchev–Trinajstić information content (AvgIpc) is 3.34. The molecule has 10 heteroatoms. The molecule has 0 spiro atoms. The number of aryl methyl sites for hydroxylation is 1. The van der Waals surface area contributed by atoms with Gasteiger partial charge < -0.3 is 20.0 Å². The zero-order chi connectivity index (χ0) is 21.7. The molecular weight excluding hydrogens is 390 g/mol. The van der Waals surface area contributed by atoms with E-state index in [9.17, 15) is 14.4 Å². The third kappa shape index (κ3) is 5.49. The average molecular weight is 413 g/mol. The van der Waals surface area contributed by atoms with E-state index in [0.717, 1.165) is 16.8 Å². The standard InChI is InChI=1S/C20H23N5O5/c1-11(26)18(22-12(2)27)10-21-19(28)9-16-8-17(24-30-16)14-4-6-15(7-5-14)20-23-13(3)29-25-20/h4-7,16,18H,8-10H2,1-3H3,(H,21,28)(H,22,27). The number of oxime groups is 1. The first-order valence-corrected chi connectivity index (χ1v) is 9.50. The van der Waals surface area contributed by atoms with E-state index in [-0.39, 0.29) is 30.6 Å². The molecule has 30 heavy (non-hydrogen) atoms. The number of hydrogen-bond acceptors (Lipinski definition) is 8. The van der Waals surface area contributed by atoms with Crippen molar-refractivity contribution in [3.8, 4) is 11.4 Å². The van der Waals surface area contributed by atoms with Gasteiger partial charge in [-0.15, -0.1) is 0 Å². The second kappa shape index (κ2) is 9.29. The first kappa shape index (κ1) is 21.2. The molecule has 0 saturated heterocycles.